The maximum atomic E-state index is 12.1. The van der Waals surface area contributed by atoms with E-state index in [0.29, 0.717) is 5.82 Å². The Morgan fingerprint density at radius 1 is 1.17 bits per heavy atom. The van der Waals surface area contributed by atoms with Gasteiger partial charge in [0.05, 0.1) is 11.4 Å². The van der Waals surface area contributed by atoms with Crippen molar-refractivity contribution in [1.29, 1.82) is 0 Å². The second kappa shape index (κ2) is 7.31. The Bertz CT molecular complexity index is 829. The fourth-order valence-corrected chi connectivity index (χ4v) is 2.50. The first-order valence-corrected chi connectivity index (χ1v) is 8.21. The molecular formula is C18H16BrN3O2. The number of amides is 1. The lowest BCUT2D eigenvalue weighted by Crippen LogP contribution is -2.16. The Morgan fingerprint density at radius 2 is 1.88 bits per heavy atom. The molecule has 0 aliphatic rings. The Morgan fingerprint density at radius 3 is 2.58 bits per heavy atom. The van der Waals surface area contributed by atoms with Crippen molar-refractivity contribution in [3.05, 3.63) is 76.4 Å². The number of ether oxygens (including phenoxy) is 1. The summed E-state index contributed by atoms with van der Waals surface area (Å²) in [5.41, 5.74) is 2.59. The second-order valence-electron chi connectivity index (χ2n) is 5.25. The lowest BCUT2D eigenvalue weighted by molar-refractivity contribution is 0.155. The number of carbonyl (C=O) groups excluding carboxylic acids is 1. The number of nitrogens with zero attached hydrogens (tertiary/aromatic N) is 2. The standard InChI is InChI=1S/C18H16BrN3O2/c1-13-11-17(22(21-13)16-9-7-15(19)8-10-16)20-18(23)24-12-14-5-3-2-4-6-14/h2-11H,12H2,1H3,(H,20,23). The Balaban J connectivity index is 1.71. The molecule has 122 valence electrons. The normalized spacial score (nSPS) is 10.4. The topological polar surface area (TPSA) is 56.1 Å². The van der Waals surface area contributed by atoms with E-state index < -0.39 is 6.09 Å². The van der Waals surface area contributed by atoms with Crippen LogP contribution < -0.4 is 5.32 Å². The van der Waals surface area contributed by atoms with Gasteiger partial charge in [0.2, 0.25) is 0 Å². The second-order valence-corrected chi connectivity index (χ2v) is 6.16. The summed E-state index contributed by atoms with van der Waals surface area (Å²) in [4.78, 5) is 12.1. The molecule has 3 rings (SSSR count). The molecule has 0 unspecified atom stereocenters. The monoisotopic (exact) mass is 385 g/mol. The van der Waals surface area contributed by atoms with Gasteiger partial charge in [0, 0.05) is 10.5 Å². The van der Waals surface area contributed by atoms with Gasteiger partial charge in [-0.2, -0.15) is 5.10 Å². The fourth-order valence-electron chi connectivity index (χ4n) is 2.23. The summed E-state index contributed by atoms with van der Waals surface area (Å²) in [7, 11) is 0. The molecule has 24 heavy (non-hydrogen) atoms. The molecule has 0 aliphatic heterocycles. The molecule has 0 saturated heterocycles. The molecule has 0 bridgehead atoms. The molecule has 0 atom stereocenters. The van der Waals surface area contributed by atoms with Gasteiger partial charge in [0.25, 0.3) is 0 Å². The summed E-state index contributed by atoms with van der Waals surface area (Å²) < 4.78 is 7.90. The average Bonchev–Trinajstić information content (AvgIpc) is 2.95. The van der Waals surface area contributed by atoms with Crippen molar-refractivity contribution in [2.45, 2.75) is 13.5 Å². The molecule has 0 saturated carbocycles. The maximum Gasteiger partial charge on any atom is 0.413 e. The highest BCUT2D eigenvalue weighted by molar-refractivity contribution is 9.10. The van der Waals surface area contributed by atoms with Crippen molar-refractivity contribution < 1.29 is 9.53 Å². The van der Waals surface area contributed by atoms with E-state index in [2.05, 4.69) is 26.3 Å². The van der Waals surface area contributed by atoms with Gasteiger partial charge >= 0.3 is 6.09 Å². The van der Waals surface area contributed by atoms with Gasteiger partial charge in [-0.15, -0.1) is 0 Å². The summed E-state index contributed by atoms with van der Waals surface area (Å²) >= 11 is 3.41. The minimum Gasteiger partial charge on any atom is -0.444 e. The molecule has 0 aliphatic carbocycles. The first kappa shape index (κ1) is 16.3. The van der Waals surface area contributed by atoms with Crippen LogP contribution in [0.1, 0.15) is 11.3 Å². The van der Waals surface area contributed by atoms with Crippen molar-refractivity contribution in [3.63, 3.8) is 0 Å². The predicted octanol–water partition coefficient (Wildman–Crippen LogP) is 4.69. The third-order valence-electron chi connectivity index (χ3n) is 3.35. The number of carbonyl (C=O) groups is 1. The Kier molecular flexibility index (Phi) is 4.96. The van der Waals surface area contributed by atoms with Gasteiger partial charge in [0.1, 0.15) is 12.4 Å². The summed E-state index contributed by atoms with van der Waals surface area (Å²) in [5.74, 6) is 0.563. The quantitative estimate of drug-likeness (QED) is 0.708. The van der Waals surface area contributed by atoms with Crippen LogP contribution >= 0.6 is 15.9 Å². The van der Waals surface area contributed by atoms with Crippen molar-refractivity contribution in [3.8, 4) is 5.69 Å². The number of hydrogen-bond acceptors (Lipinski definition) is 3. The van der Waals surface area contributed by atoms with Gasteiger partial charge < -0.3 is 4.74 Å². The molecule has 0 spiro atoms. The highest BCUT2D eigenvalue weighted by atomic mass is 79.9. The molecule has 3 aromatic rings. The third kappa shape index (κ3) is 4.02. The van der Waals surface area contributed by atoms with Gasteiger partial charge in [-0.05, 0) is 36.8 Å². The number of nitrogens with one attached hydrogen (secondary N) is 1. The van der Waals surface area contributed by atoms with Crippen molar-refractivity contribution in [2.75, 3.05) is 5.32 Å². The van der Waals surface area contributed by atoms with Crippen LogP contribution in [-0.2, 0) is 11.3 Å². The minimum atomic E-state index is -0.517. The smallest absolute Gasteiger partial charge is 0.413 e. The molecule has 6 heteroatoms. The van der Waals surface area contributed by atoms with Crippen LogP contribution in [0.25, 0.3) is 5.69 Å². The maximum absolute atomic E-state index is 12.1. The summed E-state index contributed by atoms with van der Waals surface area (Å²) in [6.07, 6.45) is -0.517. The highest BCUT2D eigenvalue weighted by Gasteiger charge is 2.11. The summed E-state index contributed by atoms with van der Waals surface area (Å²) in [6.45, 7) is 2.09. The highest BCUT2D eigenvalue weighted by Crippen LogP contribution is 2.19. The minimum absolute atomic E-state index is 0.220. The zero-order valence-electron chi connectivity index (χ0n) is 13.1. The van der Waals surface area contributed by atoms with Crippen LogP contribution in [0.3, 0.4) is 0 Å². The van der Waals surface area contributed by atoms with E-state index in [-0.39, 0.29) is 6.61 Å². The van der Waals surface area contributed by atoms with E-state index in [1.165, 1.54) is 0 Å². The van der Waals surface area contributed by atoms with E-state index in [1.54, 1.807) is 10.7 Å². The summed E-state index contributed by atoms with van der Waals surface area (Å²) in [5, 5.41) is 7.16. The first-order chi connectivity index (χ1) is 11.6. The van der Waals surface area contributed by atoms with Crippen LogP contribution in [0.15, 0.2) is 65.1 Å². The molecular weight excluding hydrogens is 370 g/mol. The molecule has 1 amide bonds. The molecule has 5 nitrogen and oxygen atoms in total. The number of benzene rings is 2. The van der Waals surface area contributed by atoms with Crippen molar-refractivity contribution in [1.82, 2.24) is 9.78 Å². The summed E-state index contributed by atoms with van der Waals surface area (Å²) in [6, 6.07) is 19.0. The SMILES string of the molecule is Cc1cc(NC(=O)OCc2ccccc2)n(-c2ccc(Br)cc2)n1. The number of rotatable bonds is 4. The first-order valence-electron chi connectivity index (χ1n) is 7.42. The molecule has 1 N–H and O–H groups in total. The average molecular weight is 386 g/mol. The number of anilines is 1. The Labute approximate surface area is 148 Å². The van der Waals surface area contributed by atoms with E-state index in [0.717, 1.165) is 21.4 Å². The van der Waals surface area contributed by atoms with Crippen molar-refractivity contribution in [2.24, 2.45) is 0 Å². The Hall–Kier alpha value is -2.60. The zero-order chi connectivity index (χ0) is 16.9. The number of halogens is 1. The van der Waals surface area contributed by atoms with Gasteiger partial charge in [-0.3, -0.25) is 5.32 Å². The number of hydrogen-bond donors (Lipinski definition) is 1. The van der Waals surface area contributed by atoms with Crippen LogP contribution in [-0.4, -0.2) is 15.9 Å². The lowest BCUT2D eigenvalue weighted by Gasteiger charge is -2.09. The van der Waals surface area contributed by atoms with E-state index >= 15 is 0 Å². The molecule has 1 aromatic heterocycles. The predicted molar refractivity (Wildman–Crippen MR) is 96.3 cm³/mol. The number of aromatic nitrogens is 2. The molecule has 0 radical (unpaired) electrons. The van der Waals surface area contributed by atoms with Gasteiger partial charge in [0.15, 0.2) is 0 Å². The molecule has 2 aromatic carbocycles. The van der Waals surface area contributed by atoms with Crippen LogP contribution in [0, 0.1) is 6.92 Å². The van der Waals surface area contributed by atoms with E-state index in [1.807, 2.05) is 61.5 Å². The van der Waals surface area contributed by atoms with Crippen LogP contribution in [0.5, 0.6) is 0 Å². The van der Waals surface area contributed by atoms with Crippen molar-refractivity contribution >= 4 is 27.8 Å². The van der Waals surface area contributed by atoms with E-state index in [4.69, 9.17) is 4.74 Å². The van der Waals surface area contributed by atoms with Crippen LogP contribution in [0.4, 0.5) is 10.6 Å². The fraction of sp³-hybridized carbons (Fsp3) is 0.111. The lowest BCUT2D eigenvalue weighted by atomic mass is 10.2. The third-order valence-corrected chi connectivity index (χ3v) is 3.87. The van der Waals surface area contributed by atoms with Gasteiger partial charge in [-0.1, -0.05) is 46.3 Å². The number of aryl methyl sites for hydroxylation is 1. The zero-order valence-corrected chi connectivity index (χ0v) is 14.7. The molecule has 0 fully saturated rings. The largest absolute Gasteiger partial charge is 0.444 e. The molecule has 1 heterocycles. The van der Waals surface area contributed by atoms with Crippen LogP contribution in [0.2, 0.25) is 0 Å². The van der Waals surface area contributed by atoms with Gasteiger partial charge in [-0.25, -0.2) is 9.48 Å². The van der Waals surface area contributed by atoms with E-state index in [9.17, 15) is 4.79 Å².